The largest absolute Gasteiger partial charge is 0.490 e. The van der Waals surface area contributed by atoms with Gasteiger partial charge < -0.3 is 31.1 Å². The third kappa shape index (κ3) is 11.3. The van der Waals surface area contributed by atoms with Crippen LogP contribution in [0.15, 0.2) is 41.3 Å². The van der Waals surface area contributed by atoms with Crippen LogP contribution in [0.4, 0.5) is 32.0 Å². The summed E-state index contributed by atoms with van der Waals surface area (Å²) < 4.78 is 64.6. The maximum atomic E-state index is 12.4. The van der Waals surface area contributed by atoms with Crippen LogP contribution in [0.25, 0.3) is 11.0 Å². The number of hydrogen-bond acceptors (Lipinski definition) is 8. The molecule has 0 spiro atoms. The molecule has 4 rings (SSSR count). The third-order valence-electron chi connectivity index (χ3n) is 5.84. The predicted molar refractivity (Wildman–Crippen MR) is 138 cm³/mol. The zero-order chi connectivity index (χ0) is 32.4. The first kappa shape index (κ1) is 34.5. The first-order valence-electron chi connectivity index (χ1n) is 12.3. The molecular formula is C24H27F6N7O6. The van der Waals surface area contributed by atoms with Crippen LogP contribution in [0, 0.1) is 5.92 Å². The summed E-state index contributed by atoms with van der Waals surface area (Å²) in [5.41, 5.74) is 8.00. The Hall–Kier alpha value is -4.68. The molecule has 236 valence electrons. The SMILES string of the molecule is NCC1CCN(c2cnn(CC(=O)NCc3nc4ccccc4[nH]3)c(=O)c2)CC1.O=C(O)C(F)(F)F.O=C(O)C(F)(F)F. The molecule has 1 amide bonds. The number of aromatic nitrogens is 4. The second-order valence-corrected chi connectivity index (χ2v) is 8.96. The summed E-state index contributed by atoms with van der Waals surface area (Å²) in [5, 5.41) is 21.2. The number of alkyl halides is 6. The highest BCUT2D eigenvalue weighted by Gasteiger charge is 2.38. The summed E-state index contributed by atoms with van der Waals surface area (Å²) in [7, 11) is 0. The molecule has 1 fully saturated rings. The normalized spacial score (nSPS) is 13.8. The van der Waals surface area contributed by atoms with Crippen molar-refractivity contribution in [3.8, 4) is 0 Å². The number of nitrogens with one attached hydrogen (secondary N) is 2. The monoisotopic (exact) mass is 623 g/mol. The minimum Gasteiger partial charge on any atom is -0.475 e. The molecule has 0 bridgehead atoms. The van der Waals surface area contributed by atoms with Gasteiger partial charge in [-0.1, -0.05) is 12.1 Å². The van der Waals surface area contributed by atoms with Crippen molar-refractivity contribution in [2.24, 2.45) is 11.7 Å². The molecule has 0 atom stereocenters. The number of para-hydroxylation sites is 2. The Morgan fingerprint density at radius 3 is 2.07 bits per heavy atom. The number of rotatable bonds is 6. The number of anilines is 1. The number of halogens is 6. The van der Waals surface area contributed by atoms with Gasteiger partial charge in [0.15, 0.2) is 0 Å². The van der Waals surface area contributed by atoms with Crippen LogP contribution in [0.2, 0.25) is 0 Å². The molecule has 3 aromatic rings. The first-order chi connectivity index (χ1) is 20.0. The fourth-order valence-electron chi connectivity index (χ4n) is 3.61. The standard InChI is InChI=1S/C20H25N7O2.2C2HF3O2/c21-10-14-5-7-26(8-6-14)15-9-20(29)27(23-11-15)13-19(28)22-12-18-24-16-3-1-2-4-17(16)25-18;2*3-2(4,5)1(6)7/h1-4,9,11,14H,5-8,10,12-13,21H2,(H,22,28)(H,24,25);2*(H,6,7). The molecule has 1 saturated heterocycles. The highest BCUT2D eigenvalue weighted by atomic mass is 19.4. The highest BCUT2D eigenvalue weighted by Crippen LogP contribution is 2.21. The number of imidazole rings is 1. The van der Waals surface area contributed by atoms with E-state index in [1.165, 1.54) is 4.68 Å². The number of carbonyl (C=O) groups is 3. The van der Waals surface area contributed by atoms with E-state index in [2.05, 4.69) is 25.3 Å². The lowest BCUT2D eigenvalue weighted by atomic mass is 9.97. The van der Waals surface area contributed by atoms with Gasteiger partial charge in [-0.05, 0) is 37.4 Å². The van der Waals surface area contributed by atoms with E-state index in [0.29, 0.717) is 18.3 Å². The molecule has 0 radical (unpaired) electrons. The lowest BCUT2D eigenvalue weighted by molar-refractivity contribution is -0.193. The van der Waals surface area contributed by atoms with Gasteiger partial charge in [-0.25, -0.2) is 19.3 Å². The Labute approximate surface area is 238 Å². The fourth-order valence-corrected chi connectivity index (χ4v) is 3.61. The first-order valence-corrected chi connectivity index (χ1v) is 12.3. The number of H-pyrrole nitrogens is 1. The van der Waals surface area contributed by atoms with E-state index in [1.807, 2.05) is 24.3 Å². The number of aromatic amines is 1. The van der Waals surface area contributed by atoms with Crippen molar-refractivity contribution in [2.45, 2.75) is 38.3 Å². The number of carbonyl (C=O) groups excluding carboxylic acids is 1. The zero-order valence-electron chi connectivity index (χ0n) is 22.2. The summed E-state index contributed by atoms with van der Waals surface area (Å²) in [6.07, 6.45) is -6.48. The molecule has 2 aromatic heterocycles. The van der Waals surface area contributed by atoms with Gasteiger partial charge in [-0.2, -0.15) is 31.4 Å². The number of nitrogens with two attached hydrogens (primary N) is 1. The number of amides is 1. The Morgan fingerprint density at radius 2 is 1.58 bits per heavy atom. The van der Waals surface area contributed by atoms with Gasteiger partial charge in [0, 0.05) is 19.2 Å². The van der Waals surface area contributed by atoms with E-state index in [0.717, 1.165) is 42.7 Å². The van der Waals surface area contributed by atoms with Gasteiger partial charge in [-0.15, -0.1) is 0 Å². The number of carboxylic acids is 2. The molecule has 3 heterocycles. The third-order valence-corrected chi connectivity index (χ3v) is 5.84. The molecule has 1 aliphatic heterocycles. The predicted octanol–water partition coefficient (Wildman–Crippen LogP) is 1.88. The van der Waals surface area contributed by atoms with Crippen LogP contribution in [-0.2, 0) is 27.5 Å². The molecule has 0 aliphatic carbocycles. The number of carboxylic acid groups (broad SMARTS) is 2. The van der Waals surface area contributed by atoms with Crippen molar-refractivity contribution in [1.29, 1.82) is 0 Å². The number of piperidine rings is 1. The van der Waals surface area contributed by atoms with E-state index in [1.54, 1.807) is 12.3 Å². The van der Waals surface area contributed by atoms with Gasteiger partial charge in [0.25, 0.3) is 5.56 Å². The molecule has 6 N–H and O–H groups in total. The van der Waals surface area contributed by atoms with Gasteiger partial charge in [0.1, 0.15) is 12.4 Å². The summed E-state index contributed by atoms with van der Waals surface area (Å²) in [6, 6.07) is 9.21. The number of hydrogen-bond donors (Lipinski definition) is 5. The average molecular weight is 624 g/mol. The summed E-state index contributed by atoms with van der Waals surface area (Å²) in [5.74, 6) is -4.59. The van der Waals surface area contributed by atoms with E-state index in [9.17, 15) is 35.9 Å². The Kier molecular flexibility index (Phi) is 12.0. The van der Waals surface area contributed by atoms with Crippen molar-refractivity contribution in [3.05, 3.63) is 52.7 Å². The lowest BCUT2D eigenvalue weighted by Gasteiger charge is -2.32. The van der Waals surface area contributed by atoms with Crippen LogP contribution in [-0.4, -0.2) is 79.8 Å². The van der Waals surface area contributed by atoms with Crippen LogP contribution in [0.5, 0.6) is 0 Å². The minimum atomic E-state index is -5.08. The van der Waals surface area contributed by atoms with E-state index >= 15 is 0 Å². The van der Waals surface area contributed by atoms with Crippen molar-refractivity contribution < 1.29 is 50.9 Å². The van der Waals surface area contributed by atoms with Gasteiger partial charge in [0.05, 0.1) is 29.5 Å². The van der Waals surface area contributed by atoms with Crippen molar-refractivity contribution >= 4 is 34.6 Å². The number of fused-ring (bicyclic) bond motifs is 1. The van der Waals surface area contributed by atoms with Gasteiger partial charge in [-0.3, -0.25) is 9.59 Å². The quantitative estimate of drug-likeness (QED) is 0.253. The highest BCUT2D eigenvalue weighted by molar-refractivity contribution is 5.77. The Morgan fingerprint density at radius 1 is 1.02 bits per heavy atom. The van der Waals surface area contributed by atoms with E-state index in [4.69, 9.17) is 25.5 Å². The number of benzene rings is 1. The molecule has 43 heavy (non-hydrogen) atoms. The van der Waals surface area contributed by atoms with Crippen LogP contribution in [0.1, 0.15) is 18.7 Å². The van der Waals surface area contributed by atoms with Crippen LogP contribution >= 0.6 is 0 Å². The molecular weight excluding hydrogens is 596 g/mol. The van der Waals surface area contributed by atoms with Crippen molar-refractivity contribution in [2.75, 3.05) is 24.5 Å². The van der Waals surface area contributed by atoms with E-state index < -0.39 is 24.3 Å². The minimum absolute atomic E-state index is 0.130. The molecule has 1 aromatic carbocycles. The van der Waals surface area contributed by atoms with Crippen molar-refractivity contribution in [3.63, 3.8) is 0 Å². The second-order valence-electron chi connectivity index (χ2n) is 8.96. The lowest BCUT2D eigenvalue weighted by Crippen LogP contribution is -2.38. The molecule has 0 saturated carbocycles. The van der Waals surface area contributed by atoms with Crippen LogP contribution in [0.3, 0.4) is 0 Å². The zero-order valence-corrected chi connectivity index (χ0v) is 22.2. The smallest absolute Gasteiger partial charge is 0.475 e. The average Bonchev–Trinajstić information content (AvgIpc) is 3.36. The van der Waals surface area contributed by atoms with Gasteiger partial charge in [0.2, 0.25) is 5.91 Å². The number of aliphatic carboxylic acids is 2. The van der Waals surface area contributed by atoms with Gasteiger partial charge >= 0.3 is 24.3 Å². The second kappa shape index (κ2) is 15.0. The maximum Gasteiger partial charge on any atom is 0.490 e. The molecule has 19 heteroatoms. The Bertz CT molecular complexity index is 1390. The van der Waals surface area contributed by atoms with E-state index in [-0.39, 0.29) is 24.6 Å². The van der Waals surface area contributed by atoms with Crippen molar-refractivity contribution in [1.82, 2.24) is 25.1 Å². The topological polar surface area (TPSA) is 197 Å². The maximum absolute atomic E-state index is 12.4. The number of nitrogens with zero attached hydrogens (tertiary/aromatic N) is 4. The summed E-state index contributed by atoms with van der Waals surface area (Å²) in [6.45, 7) is 2.57. The Balaban J connectivity index is 0.000000384. The summed E-state index contributed by atoms with van der Waals surface area (Å²) in [4.78, 5) is 52.1. The fraction of sp³-hybridized carbons (Fsp3) is 0.417. The summed E-state index contributed by atoms with van der Waals surface area (Å²) >= 11 is 0. The molecule has 0 unspecified atom stereocenters. The molecule has 13 nitrogen and oxygen atoms in total. The molecule has 1 aliphatic rings. The van der Waals surface area contributed by atoms with Crippen LogP contribution < -0.4 is 21.5 Å².